The van der Waals surface area contributed by atoms with E-state index < -0.39 is 0 Å². The molecule has 0 spiro atoms. The SMILES string of the molecule is Cc1cc(NC(=O)c2cc(C)n(-c3nccs3)c2C)ccc1N(C)C. The number of benzene rings is 1. The van der Waals surface area contributed by atoms with Gasteiger partial charge in [-0.05, 0) is 50.6 Å². The second-order valence-corrected chi connectivity index (χ2v) is 7.16. The third-order valence-corrected chi connectivity index (χ3v) is 4.98. The standard InChI is InChI=1S/C19H22N4OS/c1-12-10-15(6-7-17(12)22(4)5)21-18(24)16-11-13(2)23(14(16)3)19-20-8-9-25-19/h6-11H,1-5H3,(H,21,24). The topological polar surface area (TPSA) is 50.2 Å². The van der Waals surface area contributed by atoms with Crippen molar-refractivity contribution < 1.29 is 4.79 Å². The number of carbonyl (C=O) groups excluding carboxylic acids is 1. The van der Waals surface area contributed by atoms with Crippen LogP contribution < -0.4 is 10.2 Å². The second kappa shape index (κ2) is 6.72. The predicted molar refractivity (Wildman–Crippen MR) is 104 cm³/mol. The molecule has 3 aromatic rings. The maximum atomic E-state index is 12.7. The molecular weight excluding hydrogens is 332 g/mol. The Bertz CT molecular complexity index is 910. The number of aryl methyl sites for hydroxylation is 2. The lowest BCUT2D eigenvalue weighted by Crippen LogP contribution is -2.14. The molecule has 3 rings (SSSR count). The molecule has 130 valence electrons. The summed E-state index contributed by atoms with van der Waals surface area (Å²) in [6, 6.07) is 7.85. The van der Waals surface area contributed by atoms with Crippen molar-refractivity contribution in [2.45, 2.75) is 20.8 Å². The van der Waals surface area contributed by atoms with Crippen molar-refractivity contribution in [1.82, 2.24) is 9.55 Å². The van der Waals surface area contributed by atoms with E-state index in [1.807, 2.05) is 69.1 Å². The van der Waals surface area contributed by atoms with Crippen LogP contribution in [0.1, 0.15) is 27.3 Å². The van der Waals surface area contributed by atoms with Gasteiger partial charge in [-0.25, -0.2) is 4.98 Å². The zero-order valence-electron chi connectivity index (χ0n) is 15.1. The Hall–Kier alpha value is -2.60. The molecule has 0 atom stereocenters. The highest BCUT2D eigenvalue weighted by Gasteiger charge is 2.18. The van der Waals surface area contributed by atoms with E-state index in [4.69, 9.17) is 0 Å². The van der Waals surface area contributed by atoms with Gasteiger partial charge in [-0.2, -0.15) is 0 Å². The van der Waals surface area contributed by atoms with Gasteiger partial charge < -0.3 is 10.2 Å². The van der Waals surface area contributed by atoms with Gasteiger partial charge in [0.2, 0.25) is 0 Å². The lowest BCUT2D eigenvalue weighted by Gasteiger charge is -2.16. The molecule has 0 aliphatic heterocycles. The number of hydrogen-bond acceptors (Lipinski definition) is 4. The molecule has 0 radical (unpaired) electrons. The molecule has 0 bridgehead atoms. The first kappa shape index (κ1) is 17.2. The van der Waals surface area contributed by atoms with Gasteiger partial charge in [0, 0.05) is 48.4 Å². The Morgan fingerprint density at radius 1 is 1.20 bits per heavy atom. The first-order valence-electron chi connectivity index (χ1n) is 8.06. The van der Waals surface area contributed by atoms with E-state index in [0.717, 1.165) is 33.5 Å². The van der Waals surface area contributed by atoms with Gasteiger partial charge in [0.05, 0.1) is 5.56 Å². The largest absolute Gasteiger partial charge is 0.377 e. The van der Waals surface area contributed by atoms with Gasteiger partial charge in [0.15, 0.2) is 5.13 Å². The zero-order chi connectivity index (χ0) is 18.1. The third-order valence-electron chi connectivity index (χ3n) is 4.22. The van der Waals surface area contributed by atoms with Crippen LogP contribution in [0.2, 0.25) is 0 Å². The summed E-state index contributed by atoms with van der Waals surface area (Å²) >= 11 is 1.56. The van der Waals surface area contributed by atoms with Crippen LogP contribution in [0.4, 0.5) is 11.4 Å². The fraction of sp³-hybridized carbons (Fsp3) is 0.263. The van der Waals surface area contributed by atoms with E-state index in [9.17, 15) is 4.79 Å². The fourth-order valence-electron chi connectivity index (χ4n) is 3.05. The maximum absolute atomic E-state index is 12.7. The van der Waals surface area contributed by atoms with E-state index in [0.29, 0.717) is 5.56 Å². The summed E-state index contributed by atoms with van der Waals surface area (Å²) in [6.45, 7) is 5.98. The Labute approximate surface area is 151 Å². The highest BCUT2D eigenvalue weighted by atomic mass is 32.1. The van der Waals surface area contributed by atoms with Crippen LogP contribution in [0.5, 0.6) is 0 Å². The number of thiazole rings is 1. The molecule has 2 aromatic heterocycles. The van der Waals surface area contributed by atoms with Crippen LogP contribution in [0, 0.1) is 20.8 Å². The minimum atomic E-state index is -0.104. The molecule has 0 aliphatic rings. The van der Waals surface area contributed by atoms with Gasteiger partial charge in [-0.15, -0.1) is 11.3 Å². The normalized spacial score (nSPS) is 10.8. The highest BCUT2D eigenvalue weighted by molar-refractivity contribution is 7.12. The van der Waals surface area contributed by atoms with Gasteiger partial charge >= 0.3 is 0 Å². The summed E-state index contributed by atoms with van der Waals surface area (Å²) in [7, 11) is 4.02. The zero-order valence-corrected chi connectivity index (χ0v) is 15.9. The minimum Gasteiger partial charge on any atom is -0.377 e. The van der Waals surface area contributed by atoms with Crippen LogP contribution >= 0.6 is 11.3 Å². The fourth-order valence-corrected chi connectivity index (χ4v) is 3.80. The lowest BCUT2D eigenvalue weighted by atomic mass is 10.1. The van der Waals surface area contributed by atoms with Crippen molar-refractivity contribution in [3.63, 3.8) is 0 Å². The molecule has 1 amide bonds. The lowest BCUT2D eigenvalue weighted by molar-refractivity contribution is 0.102. The summed E-state index contributed by atoms with van der Waals surface area (Å²) in [5, 5.41) is 5.81. The van der Waals surface area contributed by atoms with Crippen molar-refractivity contribution in [2.75, 3.05) is 24.3 Å². The van der Waals surface area contributed by atoms with E-state index in [2.05, 4.69) is 15.2 Å². The van der Waals surface area contributed by atoms with Crippen LogP contribution in [0.25, 0.3) is 5.13 Å². The number of nitrogens with zero attached hydrogens (tertiary/aromatic N) is 3. The van der Waals surface area contributed by atoms with Gasteiger partial charge in [0.25, 0.3) is 5.91 Å². The number of hydrogen-bond donors (Lipinski definition) is 1. The number of rotatable bonds is 4. The van der Waals surface area contributed by atoms with Crippen LogP contribution in [0.15, 0.2) is 35.8 Å². The van der Waals surface area contributed by atoms with E-state index in [-0.39, 0.29) is 5.91 Å². The van der Waals surface area contributed by atoms with Crippen molar-refractivity contribution in [3.8, 4) is 5.13 Å². The first-order chi connectivity index (χ1) is 11.9. The molecule has 2 heterocycles. The quantitative estimate of drug-likeness (QED) is 0.765. The van der Waals surface area contributed by atoms with Crippen LogP contribution in [0.3, 0.4) is 0 Å². The summed E-state index contributed by atoms with van der Waals surface area (Å²) < 4.78 is 2.01. The molecule has 0 fully saturated rings. The van der Waals surface area contributed by atoms with Gasteiger partial charge in [-0.3, -0.25) is 9.36 Å². The molecule has 0 saturated carbocycles. The molecule has 25 heavy (non-hydrogen) atoms. The minimum absolute atomic E-state index is 0.104. The molecule has 1 N–H and O–H groups in total. The van der Waals surface area contributed by atoms with Crippen LogP contribution in [-0.2, 0) is 0 Å². The summed E-state index contributed by atoms with van der Waals surface area (Å²) in [6.07, 6.45) is 1.77. The average molecular weight is 354 g/mol. The average Bonchev–Trinajstić information content (AvgIpc) is 3.15. The predicted octanol–water partition coefficient (Wildman–Crippen LogP) is 4.18. The number of carbonyl (C=O) groups is 1. The maximum Gasteiger partial charge on any atom is 0.257 e. The third kappa shape index (κ3) is 3.30. The summed E-state index contributed by atoms with van der Waals surface area (Å²) in [5.74, 6) is -0.104. The number of nitrogens with one attached hydrogen (secondary N) is 1. The Kier molecular flexibility index (Phi) is 4.63. The Morgan fingerprint density at radius 2 is 1.96 bits per heavy atom. The molecular formula is C19H22N4OS. The van der Waals surface area contributed by atoms with Crippen molar-refractivity contribution in [3.05, 3.63) is 58.4 Å². The molecule has 0 aliphatic carbocycles. The summed E-state index contributed by atoms with van der Waals surface area (Å²) in [5.41, 5.74) is 5.62. The van der Waals surface area contributed by atoms with Gasteiger partial charge in [-0.1, -0.05) is 0 Å². The van der Waals surface area contributed by atoms with Crippen molar-refractivity contribution >= 4 is 28.6 Å². The Balaban J connectivity index is 1.87. The van der Waals surface area contributed by atoms with Crippen molar-refractivity contribution in [2.24, 2.45) is 0 Å². The monoisotopic (exact) mass is 354 g/mol. The van der Waals surface area contributed by atoms with Crippen molar-refractivity contribution in [1.29, 1.82) is 0 Å². The van der Waals surface area contributed by atoms with E-state index >= 15 is 0 Å². The molecule has 1 aromatic carbocycles. The Morgan fingerprint density at radius 3 is 2.56 bits per heavy atom. The number of anilines is 2. The first-order valence-corrected chi connectivity index (χ1v) is 8.94. The molecule has 0 saturated heterocycles. The molecule has 0 unspecified atom stereocenters. The number of aromatic nitrogens is 2. The van der Waals surface area contributed by atoms with Crippen LogP contribution in [-0.4, -0.2) is 29.6 Å². The van der Waals surface area contributed by atoms with E-state index in [1.165, 1.54) is 0 Å². The van der Waals surface area contributed by atoms with E-state index in [1.54, 1.807) is 17.5 Å². The smallest absolute Gasteiger partial charge is 0.257 e. The number of amides is 1. The second-order valence-electron chi connectivity index (χ2n) is 6.28. The molecule has 6 heteroatoms. The highest BCUT2D eigenvalue weighted by Crippen LogP contribution is 2.25. The van der Waals surface area contributed by atoms with Gasteiger partial charge in [0.1, 0.15) is 0 Å². The molecule has 5 nitrogen and oxygen atoms in total. The summed E-state index contributed by atoms with van der Waals surface area (Å²) in [4.78, 5) is 19.2.